The quantitative estimate of drug-likeness (QED) is 0.661. The molecule has 4 heterocycles. The van der Waals surface area contributed by atoms with Gasteiger partial charge in [-0.25, -0.2) is 4.98 Å². The normalized spacial score (nSPS) is 14.1. The van der Waals surface area contributed by atoms with Crippen molar-refractivity contribution in [2.75, 3.05) is 30.8 Å². The highest BCUT2D eigenvalue weighted by Crippen LogP contribution is 2.26. The Kier molecular flexibility index (Phi) is 4.37. The Morgan fingerprint density at radius 2 is 2.16 bits per heavy atom. The van der Waals surface area contributed by atoms with Gasteiger partial charge >= 0.3 is 0 Å². The second-order valence-electron chi connectivity index (χ2n) is 6.19. The van der Waals surface area contributed by atoms with E-state index >= 15 is 0 Å². The van der Waals surface area contributed by atoms with E-state index in [2.05, 4.69) is 47.9 Å². The molecule has 0 atom stereocenters. The van der Waals surface area contributed by atoms with Gasteiger partial charge in [-0.15, -0.1) is 11.3 Å². The van der Waals surface area contributed by atoms with Crippen molar-refractivity contribution in [3.8, 4) is 10.6 Å². The smallest absolute Gasteiger partial charge is 0.222 e. The zero-order valence-corrected chi connectivity index (χ0v) is 14.9. The van der Waals surface area contributed by atoms with Crippen LogP contribution in [0.4, 0.5) is 11.8 Å². The van der Waals surface area contributed by atoms with Crippen LogP contribution in [0.3, 0.4) is 0 Å². The summed E-state index contributed by atoms with van der Waals surface area (Å²) in [6.07, 6.45) is 1.80. The van der Waals surface area contributed by atoms with Crippen LogP contribution in [0.1, 0.15) is 17.0 Å². The van der Waals surface area contributed by atoms with E-state index in [-0.39, 0.29) is 0 Å². The van der Waals surface area contributed by atoms with Gasteiger partial charge in [0.1, 0.15) is 11.5 Å². The molecule has 0 aliphatic carbocycles. The largest absolute Gasteiger partial charge is 0.368 e. The molecular weight excluding hydrogens is 334 g/mol. The van der Waals surface area contributed by atoms with E-state index in [4.69, 9.17) is 5.73 Å². The molecule has 0 saturated heterocycles. The molecule has 0 fully saturated rings. The third-order valence-electron chi connectivity index (χ3n) is 4.35. The molecule has 0 spiro atoms. The summed E-state index contributed by atoms with van der Waals surface area (Å²) < 4.78 is 0. The van der Waals surface area contributed by atoms with Crippen molar-refractivity contribution >= 4 is 23.1 Å². The monoisotopic (exact) mass is 355 g/mol. The topological polar surface area (TPSA) is 95.8 Å². The van der Waals surface area contributed by atoms with E-state index < -0.39 is 0 Å². The Balaban J connectivity index is 1.59. The number of nitrogens with one attached hydrogen (secondary N) is 2. The zero-order chi connectivity index (χ0) is 17.2. The summed E-state index contributed by atoms with van der Waals surface area (Å²) in [6.45, 7) is 2.56. The van der Waals surface area contributed by atoms with Gasteiger partial charge in [0, 0.05) is 25.6 Å². The Morgan fingerprint density at radius 1 is 1.28 bits per heavy atom. The predicted molar refractivity (Wildman–Crippen MR) is 101 cm³/mol. The van der Waals surface area contributed by atoms with Gasteiger partial charge in [-0.3, -0.25) is 5.10 Å². The lowest BCUT2D eigenvalue weighted by atomic mass is 10.1. The molecule has 8 heteroatoms. The Labute approximate surface area is 150 Å². The third-order valence-corrected chi connectivity index (χ3v) is 5.24. The number of anilines is 2. The minimum atomic E-state index is 0.339. The van der Waals surface area contributed by atoms with Crippen LogP contribution in [0.2, 0.25) is 0 Å². The summed E-state index contributed by atoms with van der Waals surface area (Å²) in [7, 11) is 2.03. The van der Waals surface area contributed by atoms with E-state index in [1.165, 1.54) is 5.56 Å². The molecule has 25 heavy (non-hydrogen) atoms. The van der Waals surface area contributed by atoms with Gasteiger partial charge in [0.25, 0.3) is 0 Å². The first-order valence-corrected chi connectivity index (χ1v) is 9.24. The first kappa shape index (κ1) is 16.0. The lowest BCUT2D eigenvalue weighted by Crippen LogP contribution is -2.22. The van der Waals surface area contributed by atoms with Crippen molar-refractivity contribution in [1.82, 2.24) is 25.5 Å². The fraction of sp³-hybridized carbons (Fsp3) is 0.353. The number of H-pyrrole nitrogens is 1. The number of hydrogen-bond acceptors (Lipinski definition) is 7. The van der Waals surface area contributed by atoms with Gasteiger partial charge in [0.15, 0.2) is 0 Å². The number of thiophene rings is 1. The molecule has 130 valence electrons. The van der Waals surface area contributed by atoms with Gasteiger partial charge in [0.05, 0.1) is 22.8 Å². The summed E-state index contributed by atoms with van der Waals surface area (Å²) in [5.74, 6) is 1.25. The average Bonchev–Trinajstić information content (AvgIpc) is 3.22. The number of rotatable bonds is 4. The zero-order valence-electron chi connectivity index (χ0n) is 14.1. The molecule has 0 saturated carbocycles. The molecule has 0 bridgehead atoms. The highest BCUT2D eigenvalue weighted by atomic mass is 32.1. The summed E-state index contributed by atoms with van der Waals surface area (Å²) in [4.78, 5) is 12.2. The maximum Gasteiger partial charge on any atom is 0.222 e. The van der Waals surface area contributed by atoms with Crippen LogP contribution >= 0.6 is 11.3 Å². The molecule has 1 aliphatic heterocycles. The molecule has 4 rings (SSSR count). The van der Waals surface area contributed by atoms with Crippen LogP contribution in [-0.4, -0.2) is 40.3 Å². The predicted octanol–water partition coefficient (Wildman–Crippen LogP) is 1.83. The lowest BCUT2D eigenvalue weighted by Gasteiger charge is -2.21. The number of nitrogens with zero attached hydrogens (tertiary/aromatic N) is 4. The van der Waals surface area contributed by atoms with Crippen molar-refractivity contribution < 1.29 is 0 Å². The molecule has 3 aromatic rings. The van der Waals surface area contributed by atoms with E-state index in [1.807, 2.05) is 13.1 Å². The Morgan fingerprint density at radius 3 is 3.00 bits per heavy atom. The van der Waals surface area contributed by atoms with Crippen molar-refractivity contribution in [3.63, 3.8) is 0 Å². The van der Waals surface area contributed by atoms with Crippen molar-refractivity contribution in [1.29, 1.82) is 0 Å². The minimum Gasteiger partial charge on any atom is -0.368 e. The highest BCUT2D eigenvalue weighted by Gasteiger charge is 2.19. The first-order chi connectivity index (χ1) is 12.2. The number of nitrogens with two attached hydrogens (primary N) is 1. The summed E-state index contributed by atoms with van der Waals surface area (Å²) in [5.41, 5.74) is 10.2. The Hall–Kier alpha value is -2.45. The minimum absolute atomic E-state index is 0.339. The van der Waals surface area contributed by atoms with Gasteiger partial charge in [0.2, 0.25) is 5.95 Å². The van der Waals surface area contributed by atoms with E-state index in [0.717, 1.165) is 53.7 Å². The van der Waals surface area contributed by atoms with E-state index in [0.29, 0.717) is 12.5 Å². The van der Waals surface area contributed by atoms with Crippen molar-refractivity contribution in [3.05, 3.63) is 40.5 Å². The van der Waals surface area contributed by atoms with Gasteiger partial charge in [-0.1, -0.05) is 6.07 Å². The number of aromatic amines is 1. The maximum atomic E-state index is 5.95. The fourth-order valence-corrected chi connectivity index (χ4v) is 3.87. The molecule has 7 nitrogen and oxygen atoms in total. The second-order valence-corrected chi connectivity index (χ2v) is 7.14. The molecule has 1 aliphatic rings. The van der Waals surface area contributed by atoms with Crippen LogP contribution in [0, 0.1) is 0 Å². The van der Waals surface area contributed by atoms with Crippen molar-refractivity contribution in [2.24, 2.45) is 0 Å². The van der Waals surface area contributed by atoms with E-state index in [9.17, 15) is 0 Å². The number of hydrogen-bond donors (Lipinski definition) is 3. The molecular formula is C17H21N7S. The Bertz CT molecular complexity index is 856. The SMILES string of the molecule is CN(Cc1cc(-c2cccs2)n[nH]1)c1nc(N)nc2c1CCNCC2. The van der Waals surface area contributed by atoms with E-state index in [1.54, 1.807) is 11.3 Å². The summed E-state index contributed by atoms with van der Waals surface area (Å²) >= 11 is 1.69. The van der Waals surface area contributed by atoms with Crippen LogP contribution < -0.4 is 16.0 Å². The summed E-state index contributed by atoms with van der Waals surface area (Å²) in [5, 5.41) is 13.0. The van der Waals surface area contributed by atoms with Gasteiger partial charge < -0.3 is 16.0 Å². The summed E-state index contributed by atoms with van der Waals surface area (Å²) in [6, 6.07) is 6.20. The average molecular weight is 355 g/mol. The molecule has 0 radical (unpaired) electrons. The molecule has 0 aromatic carbocycles. The molecule has 0 unspecified atom stereocenters. The van der Waals surface area contributed by atoms with Crippen LogP contribution in [-0.2, 0) is 19.4 Å². The molecule has 0 amide bonds. The first-order valence-electron chi connectivity index (χ1n) is 8.36. The van der Waals surface area contributed by atoms with Gasteiger partial charge in [-0.05, 0) is 30.5 Å². The number of nitrogen functional groups attached to an aromatic ring is 1. The van der Waals surface area contributed by atoms with Gasteiger partial charge in [-0.2, -0.15) is 10.1 Å². The standard InChI is InChI=1S/C17H21N7S/c1-24(10-11-9-14(23-22-11)15-3-2-8-25-15)16-12-4-6-19-7-5-13(12)20-17(18)21-16/h2-3,8-9,19H,4-7,10H2,1H3,(H,22,23)(H2,18,20,21). The van der Waals surface area contributed by atoms with Crippen LogP contribution in [0.15, 0.2) is 23.6 Å². The number of aromatic nitrogens is 4. The fourth-order valence-electron chi connectivity index (χ4n) is 3.18. The maximum absolute atomic E-state index is 5.95. The highest BCUT2D eigenvalue weighted by molar-refractivity contribution is 7.13. The van der Waals surface area contributed by atoms with Crippen LogP contribution in [0.5, 0.6) is 0 Å². The van der Waals surface area contributed by atoms with Crippen molar-refractivity contribution in [2.45, 2.75) is 19.4 Å². The number of fused-ring (bicyclic) bond motifs is 1. The second kappa shape index (κ2) is 6.81. The molecule has 4 N–H and O–H groups in total. The lowest BCUT2D eigenvalue weighted by molar-refractivity contribution is 0.708. The third kappa shape index (κ3) is 3.35. The van der Waals surface area contributed by atoms with Crippen LogP contribution in [0.25, 0.3) is 10.6 Å². The molecule has 3 aromatic heterocycles.